The SMILES string of the molecule is CC/C=C\C/C=C\C/C=C\C/C=C\C/C=C\C/C=C\CCC(=O)OC[C@H](COP(=O)(O)O)OC(=O)C/C=C\C[C@H]1[C@@H](/C=C/[C@H](O)CCCCC)[C@H](O)C[C@@H]1O. The quantitative estimate of drug-likeness (QED) is 0.0205. The number of carbonyl (C=O) groups excluding carboxylic acids is 2. The van der Waals surface area contributed by atoms with Crippen LogP contribution in [0.4, 0.5) is 0 Å². The van der Waals surface area contributed by atoms with Crippen LogP contribution in [0.1, 0.15) is 110 Å². The van der Waals surface area contributed by atoms with Gasteiger partial charge in [0, 0.05) is 18.8 Å². The van der Waals surface area contributed by atoms with Crippen LogP contribution >= 0.6 is 7.82 Å². The number of carbonyl (C=O) groups is 2. The van der Waals surface area contributed by atoms with Crippen molar-refractivity contribution in [2.45, 2.75) is 135 Å². The second-order valence-electron chi connectivity index (χ2n) is 13.5. The van der Waals surface area contributed by atoms with Gasteiger partial charge in [-0.3, -0.25) is 14.1 Å². The van der Waals surface area contributed by atoms with Gasteiger partial charge in [-0.15, -0.1) is 0 Å². The number of ether oxygens (including phenoxy) is 2. The number of rotatable bonds is 30. The highest BCUT2D eigenvalue weighted by atomic mass is 31.2. The predicted octanol–water partition coefficient (Wildman–Crippen LogP) is 8.22. The molecule has 0 bridgehead atoms. The standard InChI is InChI=1S/C43H67O11P/c1-3-5-7-8-9-10-11-12-13-14-15-16-17-18-19-20-21-22-24-29-42(47)52-34-37(35-53-55(49,50)51)54-43(48)30-26-25-28-38-39(41(46)33-40(38)45)32-31-36(44)27-23-6-4-2/h5,7,9-10,12-13,15-16,18-19,21-22,25-26,31-32,36-41,44-46H,3-4,6,8,11,14,17,20,23-24,27-30,33-35H2,1-2H3,(H2,49,50,51)/b7-5-,10-9-,13-12-,16-15-,19-18-,22-21-,26-25-,32-31+/t36-,37-,38+,39-,40+,41-/m1/s1. The Bertz CT molecular complexity index is 1320. The van der Waals surface area contributed by atoms with Crippen LogP contribution in [0.15, 0.2) is 97.2 Å². The van der Waals surface area contributed by atoms with E-state index in [1.165, 1.54) is 0 Å². The van der Waals surface area contributed by atoms with Crippen molar-refractivity contribution in [1.29, 1.82) is 0 Å². The first kappa shape index (κ1) is 49.9. The summed E-state index contributed by atoms with van der Waals surface area (Å²) in [6.07, 6.45) is 38.4. The molecule has 0 aromatic rings. The lowest BCUT2D eigenvalue weighted by molar-refractivity contribution is -0.160. The molecule has 1 aliphatic rings. The molecule has 55 heavy (non-hydrogen) atoms. The largest absolute Gasteiger partial charge is 0.469 e. The Kier molecular flexibility index (Phi) is 29.0. The van der Waals surface area contributed by atoms with E-state index in [2.05, 4.69) is 73.1 Å². The summed E-state index contributed by atoms with van der Waals surface area (Å²) in [6.45, 7) is 3.10. The molecule has 0 aromatic heterocycles. The van der Waals surface area contributed by atoms with Crippen molar-refractivity contribution in [3.63, 3.8) is 0 Å². The maximum Gasteiger partial charge on any atom is 0.469 e. The zero-order valence-electron chi connectivity index (χ0n) is 32.9. The summed E-state index contributed by atoms with van der Waals surface area (Å²) in [6, 6.07) is 0. The van der Waals surface area contributed by atoms with Gasteiger partial charge >= 0.3 is 19.8 Å². The van der Waals surface area contributed by atoms with Crippen LogP contribution < -0.4 is 0 Å². The van der Waals surface area contributed by atoms with Crippen molar-refractivity contribution in [2.75, 3.05) is 13.2 Å². The molecule has 0 radical (unpaired) electrons. The number of aliphatic hydroxyl groups is 3. The molecule has 5 N–H and O–H groups in total. The fourth-order valence-corrected chi connectivity index (χ4v) is 6.09. The van der Waals surface area contributed by atoms with Crippen LogP contribution in [0, 0.1) is 11.8 Å². The third-order valence-electron chi connectivity index (χ3n) is 8.70. The number of unbranched alkanes of at least 4 members (excludes halogenated alkanes) is 2. The molecule has 0 aliphatic heterocycles. The Morgan fingerprint density at radius 2 is 1.33 bits per heavy atom. The van der Waals surface area contributed by atoms with E-state index in [1.54, 1.807) is 24.3 Å². The molecular weight excluding hydrogens is 723 g/mol. The Morgan fingerprint density at radius 1 is 0.745 bits per heavy atom. The van der Waals surface area contributed by atoms with Crippen LogP contribution in [-0.2, 0) is 28.2 Å². The Hall–Kier alpha value is -3.15. The topological polar surface area (TPSA) is 180 Å². The molecule has 1 aliphatic carbocycles. The zero-order valence-corrected chi connectivity index (χ0v) is 33.7. The summed E-state index contributed by atoms with van der Waals surface area (Å²) in [7, 11) is -4.87. The summed E-state index contributed by atoms with van der Waals surface area (Å²) in [5.74, 6) is -1.96. The van der Waals surface area contributed by atoms with Gasteiger partial charge in [0.05, 0.1) is 31.3 Å². The number of aliphatic hydroxyl groups excluding tert-OH is 3. The summed E-state index contributed by atoms with van der Waals surface area (Å²) in [4.78, 5) is 43.0. The predicted molar refractivity (Wildman–Crippen MR) is 218 cm³/mol. The molecule has 0 amide bonds. The van der Waals surface area contributed by atoms with Gasteiger partial charge in [-0.1, -0.05) is 130 Å². The molecule has 0 heterocycles. The van der Waals surface area contributed by atoms with Crippen LogP contribution in [0.5, 0.6) is 0 Å². The molecule has 0 saturated heterocycles. The molecule has 1 rings (SSSR count). The minimum Gasteiger partial charge on any atom is -0.462 e. The Morgan fingerprint density at radius 3 is 1.89 bits per heavy atom. The van der Waals surface area contributed by atoms with Crippen LogP contribution in [-0.4, -0.2) is 74.7 Å². The van der Waals surface area contributed by atoms with Gasteiger partial charge in [0.25, 0.3) is 0 Å². The number of phosphoric ester groups is 1. The van der Waals surface area contributed by atoms with Crippen molar-refractivity contribution in [1.82, 2.24) is 0 Å². The van der Waals surface area contributed by atoms with E-state index in [4.69, 9.17) is 19.3 Å². The van der Waals surface area contributed by atoms with Crippen molar-refractivity contribution >= 4 is 19.8 Å². The lowest BCUT2D eigenvalue weighted by atomic mass is 9.89. The fourth-order valence-electron chi connectivity index (χ4n) is 5.72. The highest BCUT2D eigenvalue weighted by molar-refractivity contribution is 7.46. The summed E-state index contributed by atoms with van der Waals surface area (Å²) in [5.41, 5.74) is 0. The minimum atomic E-state index is -4.87. The number of hydrogen-bond donors (Lipinski definition) is 5. The van der Waals surface area contributed by atoms with E-state index in [0.29, 0.717) is 19.3 Å². The molecular formula is C43H67O11P. The van der Waals surface area contributed by atoms with Crippen LogP contribution in [0.2, 0.25) is 0 Å². The Balaban J connectivity index is 2.41. The van der Waals surface area contributed by atoms with Crippen molar-refractivity contribution in [3.05, 3.63) is 97.2 Å². The fraction of sp³-hybridized carbons (Fsp3) is 0.581. The summed E-state index contributed by atoms with van der Waals surface area (Å²) < 4.78 is 26.2. The molecule has 310 valence electrons. The van der Waals surface area contributed by atoms with Gasteiger partial charge in [-0.2, -0.15) is 0 Å². The van der Waals surface area contributed by atoms with Crippen LogP contribution in [0.3, 0.4) is 0 Å². The number of phosphoric acid groups is 1. The highest BCUT2D eigenvalue weighted by Crippen LogP contribution is 2.37. The first-order valence-electron chi connectivity index (χ1n) is 19.8. The van der Waals surface area contributed by atoms with Crippen molar-refractivity contribution < 1.29 is 53.3 Å². The first-order valence-corrected chi connectivity index (χ1v) is 21.3. The van der Waals surface area contributed by atoms with Gasteiger partial charge < -0.3 is 34.6 Å². The smallest absolute Gasteiger partial charge is 0.462 e. The molecule has 1 fully saturated rings. The zero-order chi connectivity index (χ0) is 40.6. The van der Waals surface area contributed by atoms with Crippen LogP contribution in [0.25, 0.3) is 0 Å². The average molecular weight is 791 g/mol. The van der Waals surface area contributed by atoms with E-state index in [9.17, 15) is 29.5 Å². The third kappa shape index (κ3) is 28.0. The third-order valence-corrected chi connectivity index (χ3v) is 9.19. The normalized spacial score (nSPS) is 20.9. The van der Waals surface area contributed by atoms with E-state index < -0.39 is 57.4 Å². The van der Waals surface area contributed by atoms with Gasteiger partial charge in [0.2, 0.25) is 0 Å². The van der Waals surface area contributed by atoms with Gasteiger partial charge in [0.1, 0.15) is 6.61 Å². The molecule has 6 atom stereocenters. The van der Waals surface area contributed by atoms with Gasteiger partial charge in [-0.05, 0) is 63.7 Å². The molecule has 1 saturated carbocycles. The maximum absolute atomic E-state index is 12.5. The molecule has 0 unspecified atom stereocenters. The van der Waals surface area contributed by atoms with E-state index >= 15 is 0 Å². The number of esters is 2. The Labute approximate surface area is 329 Å². The van der Waals surface area contributed by atoms with E-state index in [-0.39, 0.29) is 31.1 Å². The molecule has 12 heteroatoms. The summed E-state index contributed by atoms with van der Waals surface area (Å²) in [5, 5.41) is 31.2. The highest BCUT2D eigenvalue weighted by Gasteiger charge is 2.39. The number of allylic oxidation sites excluding steroid dienone is 13. The summed E-state index contributed by atoms with van der Waals surface area (Å²) >= 11 is 0. The first-order chi connectivity index (χ1) is 26.5. The van der Waals surface area contributed by atoms with Crippen molar-refractivity contribution in [2.24, 2.45) is 11.8 Å². The molecule has 11 nitrogen and oxygen atoms in total. The number of hydrogen-bond acceptors (Lipinski definition) is 9. The van der Waals surface area contributed by atoms with E-state index in [0.717, 1.165) is 57.8 Å². The lowest BCUT2D eigenvalue weighted by Crippen LogP contribution is -2.29. The van der Waals surface area contributed by atoms with Crippen molar-refractivity contribution in [3.8, 4) is 0 Å². The molecule has 0 aromatic carbocycles. The van der Waals surface area contributed by atoms with Gasteiger partial charge in [-0.25, -0.2) is 4.57 Å². The van der Waals surface area contributed by atoms with Gasteiger partial charge in [0.15, 0.2) is 6.10 Å². The van der Waals surface area contributed by atoms with E-state index in [1.807, 2.05) is 18.2 Å². The second kappa shape index (κ2) is 32.0. The maximum atomic E-state index is 12.5. The second-order valence-corrected chi connectivity index (χ2v) is 14.7. The lowest BCUT2D eigenvalue weighted by Gasteiger charge is -2.20. The monoisotopic (exact) mass is 790 g/mol. The average Bonchev–Trinajstić information content (AvgIpc) is 3.41. The minimum absolute atomic E-state index is 0.0701. The molecule has 0 spiro atoms.